The monoisotopic (exact) mass is 334 g/mol. The Hall–Kier alpha value is -3.16. The summed E-state index contributed by atoms with van der Waals surface area (Å²) >= 11 is 0. The van der Waals surface area contributed by atoms with Crippen LogP contribution in [0.25, 0.3) is 11.0 Å². The molecule has 0 N–H and O–H groups in total. The number of hydrogen-bond acceptors (Lipinski definition) is 8. The molecule has 0 radical (unpaired) electrons. The average Bonchev–Trinajstić information content (AvgIpc) is 2.44. The molecule has 0 atom stereocenters. The predicted molar refractivity (Wildman–Crippen MR) is 81.1 cm³/mol. The Balaban J connectivity index is 2.85. The maximum atomic E-state index is 12.7. The largest absolute Gasteiger partial charge is 0.457 e. The Bertz CT molecular complexity index is 906. The molecule has 0 saturated carbocycles. The van der Waals surface area contributed by atoms with Gasteiger partial charge in [0.1, 0.15) is 16.7 Å². The Kier molecular flexibility index (Phi) is 4.68. The Morgan fingerprint density at radius 2 is 1.42 bits per heavy atom. The molecule has 8 nitrogen and oxygen atoms in total. The highest BCUT2D eigenvalue weighted by Crippen LogP contribution is 2.36. The SMILES string of the molecule is CC(=O)Oc1ccc2oc(C)c(OC(C)=O)c(=O)c2c1OC(C)=O. The van der Waals surface area contributed by atoms with Crippen molar-refractivity contribution in [1.82, 2.24) is 0 Å². The van der Waals surface area contributed by atoms with E-state index in [0.29, 0.717) is 0 Å². The van der Waals surface area contributed by atoms with Gasteiger partial charge in [-0.25, -0.2) is 0 Å². The van der Waals surface area contributed by atoms with Crippen LogP contribution in [0.5, 0.6) is 17.2 Å². The molecule has 0 bridgehead atoms. The van der Waals surface area contributed by atoms with Crippen molar-refractivity contribution in [3.05, 3.63) is 28.1 Å². The van der Waals surface area contributed by atoms with Gasteiger partial charge in [0.25, 0.3) is 0 Å². The summed E-state index contributed by atoms with van der Waals surface area (Å²) in [6.07, 6.45) is 0. The molecular weight excluding hydrogens is 320 g/mol. The van der Waals surface area contributed by atoms with Crippen LogP contribution in [-0.2, 0) is 14.4 Å². The normalized spacial score (nSPS) is 10.3. The number of fused-ring (bicyclic) bond motifs is 1. The van der Waals surface area contributed by atoms with Crippen molar-refractivity contribution < 1.29 is 33.0 Å². The highest BCUT2D eigenvalue weighted by Gasteiger charge is 2.23. The molecule has 0 amide bonds. The van der Waals surface area contributed by atoms with E-state index in [0.717, 1.165) is 20.8 Å². The van der Waals surface area contributed by atoms with Crippen LogP contribution in [0.15, 0.2) is 21.3 Å². The van der Waals surface area contributed by atoms with Crippen LogP contribution in [0.1, 0.15) is 26.5 Å². The number of ether oxygens (including phenoxy) is 3. The minimum absolute atomic E-state index is 0.0803. The molecule has 2 aromatic rings. The lowest BCUT2D eigenvalue weighted by molar-refractivity contribution is -0.134. The van der Waals surface area contributed by atoms with E-state index in [1.54, 1.807) is 0 Å². The quantitative estimate of drug-likeness (QED) is 0.618. The third kappa shape index (κ3) is 3.43. The second-order valence-electron chi connectivity index (χ2n) is 4.86. The zero-order valence-electron chi connectivity index (χ0n) is 13.4. The molecule has 0 fully saturated rings. The minimum Gasteiger partial charge on any atom is -0.457 e. The van der Waals surface area contributed by atoms with Crippen molar-refractivity contribution in [3.8, 4) is 17.2 Å². The Morgan fingerprint density at radius 3 is 1.96 bits per heavy atom. The third-order valence-electron chi connectivity index (χ3n) is 2.84. The highest BCUT2D eigenvalue weighted by atomic mass is 16.6. The molecule has 1 aromatic heterocycles. The molecule has 0 aliphatic rings. The van der Waals surface area contributed by atoms with Gasteiger partial charge >= 0.3 is 17.9 Å². The van der Waals surface area contributed by atoms with E-state index in [9.17, 15) is 19.2 Å². The third-order valence-corrected chi connectivity index (χ3v) is 2.84. The lowest BCUT2D eigenvalue weighted by Gasteiger charge is -2.12. The first kappa shape index (κ1) is 17.2. The topological polar surface area (TPSA) is 109 Å². The van der Waals surface area contributed by atoms with E-state index in [1.165, 1.54) is 19.1 Å². The fourth-order valence-corrected chi connectivity index (χ4v) is 2.07. The summed E-state index contributed by atoms with van der Waals surface area (Å²) in [4.78, 5) is 46.4. The Morgan fingerprint density at radius 1 is 0.875 bits per heavy atom. The molecule has 0 aliphatic carbocycles. The average molecular weight is 334 g/mol. The van der Waals surface area contributed by atoms with Gasteiger partial charge < -0.3 is 18.6 Å². The van der Waals surface area contributed by atoms with Gasteiger partial charge in [-0.2, -0.15) is 0 Å². The summed E-state index contributed by atoms with van der Waals surface area (Å²) in [5.74, 6) is -2.77. The molecule has 8 heteroatoms. The van der Waals surface area contributed by atoms with Gasteiger partial charge in [-0.3, -0.25) is 19.2 Å². The van der Waals surface area contributed by atoms with Gasteiger partial charge in [-0.05, 0) is 19.1 Å². The lowest BCUT2D eigenvalue weighted by atomic mass is 10.1. The fraction of sp³-hybridized carbons (Fsp3) is 0.250. The van der Waals surface area contributed by atoms with E-state index in [2.05, 4.69) is 0 Å². The van der Waals surface area contributed by atoms with Crippen molar-refractivity contribution in [2.24, 2.45) is 0 Å². The molecule has 0 saturated heterocycles. The standard InChI is InChI=1S/C16H14O8/c1-7-15(23-9(3)18)14(20)13-11(21-7)5-6-12(22-8(2)17)16(13)24-10(4)19/h5-6H,1-4H3. The predicted octanol–water partition coefficient (Wildman–Crippen LogP) is 1.88. The smallest absolute Gasteiger partial charge is 0.308 e. The van der Waals surface area contributed by atoms with Crippen LogP contribution in [-0.4, -0.2) is 17.9 Å². The number of rotatable bonds is 3. The van der Waals surface area contributed by atoms with Crippen LogP contribution < -0.4 is 19.6 Å². The molecule has 1 heterocycles. The van der Waals surface area contributed by atoms with E-state index in [-0.39, 0.29) is 34.0 Å². The Labute approximate surface area is 135 Å². The van der Waals surface area contributed by atoms with Gasteiger partial charge in [0.2, 0.25) is 11.2 Å². The van der Waals surface area contributed by atoms with Crippen molar-refractivity contribution >= 4 is 28.9 Å². The van der Waals surface area contributed by atoms with E-state index in [4.69, 9.17) is 18.6 Å². The van der Waals surface area contributed by atoms with Crippen LogP contribution in [0.2, 0.25) is 0 Å². The van der Waals surface area contributed by atoms with Gasteiger partial charge in [0, 0.05) is 20.8 Å². The van der Waals surface area contributed by atoms with Crippen molar-refractivity contribution in [2.75, 3.05) is 0 Å². The van der Waals surface area contributed by atoms with E-state index < -0.39 is 23.3 Å². The zero-order valence-corrected chi connectivity index (χ0v) is 13.4. The molecule has 1 aromatic carbocycles. The van der Waals surface area contributed by atoms with Crippen LogP contribution in [0.3, 0.4) is 0 Å². The van der Waals surface area contributed by atoms with Gasteiger partial charge in [-0.1, -0.05) is 0 Å². The second-order valence-corrected chi connectivity index (χ2v) is 4.86. The first-order valence-electron chi connectivity index (χ1n) is 6.86. The first-order chi connectivity index (χ1) is 11.2. The highest BCUT2D eigenvalue weighted by molar-refractivity contribution is 5.91. The maximum absolute atomic E-state index is 12.7. The maximum Gasteiger partial charge on any atom is 0.308 e. The second kappa shape index (κ2) is 6.53. The molecule has 2 rings (SSSR count). The van der Waals surface area contributed by atoms with Crippen LogP contribution >= 0.6 is 0 Å². The van der Waals surface area contributed by atoms with Crippen molar-refractivity contribution in [2.45, 2.75) is 27.7 Å². The van der Waals surface area contributed by atoms with Crippen LogP contribution in [0.4, 0.5) is 0 Å². The van der Waals surface area contributed by atoms with Gasteiger partial charge in [0.05, 0.1) is 0 Å². The van der Waals surface area contributed by atoms with Gasteiger partial charge in [-0.15, -0.1) is 0 Å². The number of hydrogen-bond donors (Lipinski definition) is 0. The summed E-state index contributed by atoms with van der Waals surface area (Å²) < 4.78 is 20.3. The van der Waals surface area contributed by atoms with Crippen molar-refractivity contribution in [3.63, 3.8) is 0 Å². The first-order valence-corrected chi connectivity index (χ1v) is 6.86. The molecule has 24 heavy (non-hydrogen) atoms. The molecule has 0 unspecified atom stereocenters. The fourth-order valence-electron chi connectivity index (χ4n) is 2.07. The van der Waals surface area contributed by atoms with Crippen LogP contribution in [0, 0.1) is 6.92 Å². The summed E-state index contributed by atoms with van der Waals surface area (Å²) in [6.45, 7) is 4.86. The minimum atomic E-state index is -0.732. The van der Waals surface area contributed by atoms with Gasteiger partial charge in [0.15, 0.2) is 11.5 Å². The van der Waals surface area contributed by atoms with E-state index in [1.807, 2.05) is 0 Å². The summed E-state index contributed by atoms with van der Waals surface area (Å²) in [5, 5.41) is -0.175. The van der Waals surface area contributed by atoms with Crippen molar-refractivity contribution in [1.29, 1.82) is 0 Å². The number of carbonyl (C=O) groups is 3. The summed E-state index contributed by atoms with van der Waals surface area (Å²) in [5.41, 5.74) is -0.644. The molecule has 0 aliphatic heterocycles. The lowest BCUT2D eigenvalue weighted by Crippen LogP contribution is -2.16. The summed E-state index contributed by atoms with van der Waals surface area (Å²) in [7, 11) is 0. The molecule has 0 spiro atoms. The number of benzene rings is 1. The number of esters is 3. The number of aryl methyl sites for hydroxylation is 1. The molecule has 126 valence electrons. The summed E-state index contributed by atoms with van der Waals surface area (Å²) in [6, 6.07) is 2.71. The van der Waals surface area contributed by atoms with E-state index >= 15 is 0 Å². The number of carbonyl (C=O) groups excluding carboxylic acids is 3. The zero-order chi connectivity index (χ0) is 18.0. The molecular formula is C16H14O8.